The lowest BCUT2D eigenvalue weighted by Crippen LogP contribution is -2.49. The number of hydrogen-bond donors (Lipinski definition) is 1. The predicted octanol–water partition coefficient (Wildman–Crippen LogP) is 6.59. The molecule has 0 spiro atoms. The minimum absolute atomic E-state index is 0.0128. The maximum atomic E-state index is 14.1. The van der Waals surface area contributed by atoms with E-state index >= 15 is 0 Å². The minimum Gasteiger partial charge on any atom is -0.495 e. The van der Waals surface area contributed by atoms with Crippen molar-refractivity contribution >= 4 is 32.3 Å². The van der Waals surface area contributed by atoms with Crippen molar-refractivity contribution in [1.82, 2.24) is 9.88 Å². The van der Waals surface area contributed by atoms with Crippen LogP contribution in [0.5, 0.6) is 5.75 Å². The topological polar surface area (TPSA) is 115 Å². The van der Waals surface area contributed by atoms with Gasteiger partial charge in [0.1, 0.15) is 10.6 Å². The molecule has 3 fully saturated rings. The average molecular weight is 737 g/mol. The van der Waals surface area contributed by atoms with Crippen molar-refractivity contribution in [3.05, 3.63) is 82.9 Å². The highest BCUT2D eigenvalue weighted by Gasteiger charge is 2.52. The molecule has 0 bridgehead atoms. The highest BCUT2D eigenvalue weighted by atomic mass is 32.2. The molecule has 1 saturated carbocycles. The van der Waals surface area contributed by atoms with Crippen molar-refractivity contribution < 1.29 is 35.9 Å². The summed E-state index contributed by atoms with van der Waals surface area (Å²) < 4.78 is 80.5. The number of primary amides is 1. The molecule has 3 aromatic carbocycles. The van der Waals surface area contributed by atoms with Gasteiger partial charge in [-0.15, -0.1) is 0 Å². The van der Waals surface area contributed by atoms with Gasteiger partial charge in [-0.25, -0.2) is 13.4 Å². The third kappa shape index (κ3) is 6.40. The first-order chi connectivity index (χ1) is 24.8. The van der Waals surface area contributed by atoms with Crippen molar-refractivity contribution in [2.45, 2.75) is 67.3 Å². The van der Waals surface area contributed by atoms with Gasteiger partial charge in [0.2, 0.25) is 5.91 Å². The van der Waals surface area contributed by atoms with Crippen LogP contribution in [0, 0.1) is 0 Å². The molecule has 2 N–H and O–H groups in total. The Morgan fingerprint density at radius 3 is 2.31 bits per heavy atom. The van der Waals surface area contributed by atoms with Crippen LogP contribution in [0.15, 0.2) is 65.6 Å². The van der Waals surface area contributed by atoms with Gasteiger partial charge >= 0.3 is 6.18 Å². The van der Waals surface area contributed by atoms with Gasteiger partial charge in [0.15, 0.2) is 9.84 Å². The van der Waals surface area contributed by atoms with E-state index in [0.717, 1.165) is 75.6 Å². The molecule has 0 unspecified atom stereocenters. The third-order valence-electron chi connectivity index (χ3n) is 10.9. The van der Waals surface area contributed by atoms with Crippen molar-refractivity contribution in [2.24, 2.45) is 5.73 Å². The molecule has 1 aromatic heterocycles. The molecule has 0 atom stereocenters. The molecule has 9 nitrogen and oxygen atoms in total. The summed E-state index contributed by atoms with van der Waals surface area (Å²) in [6, 6.07) is 16.1. The number of nitrogens with zero attached hydrogens (tertiary/aromatic N) is 3. The van der Waals surface area contributed by atoms with E-state index in [9.17, 15) is 26.4 Å². The van der Waals surface area contributed by atoms with Crippen molar-refractivity contribution in [3.63, 3.8) is 0 Å². The lowest BCUT2D eigenvalue weighted by atomic mass is 9.79. The Morgan fingerprint density at radius 1 is 1.00 bits per heavy atom. The number of sulfone groups is 1. The van der Waals surface area contributed by atoms with Crippen LogP contribution in [0.1, 0.15) is 66.6 Å². The molecular formula is C39H43F3N4O5S. The lowest BCUT2D eigenvalue weighted by Gasteiger charge is -2.41. The van der Waals surface area contributed by atoms with Crippen LogP contribution in [-0.4, -0.2) is 82.0 Å². The molecule has 276 valence electrons. The van der Waals surface area contributed by atoms with E-state index in [1.165, 1.54) is 25.3 Å². The van der Waals surface area contributed by atoms with Gasteiger partial charge in [-0.3, -0.25) is 9.69 Å². The summed E-state index contributed by atoms with van der Waals surface area (Å²) in [5, 5.41) is -0.602. The summed E-state index contributed by atoms with van der Waals surface area (Å²) >= 11 is 0. The predicted molar refractivity (Wildman–Crippen MR) is 194 cm³/mol. The van der Waals surface area contributed by atoms with E-state index < -0.39 is 38.1 Å². The van der Waals surface area contributed by atoms with E-state index in [1.807, 2.05) is 18.2 Å². The molecule has 2 aliphatic heterocycles. The fourth-order valence-electron chi connectivity index (χ4n) is 8.03. The number of para-hydroxylation sites is 1. The van der Waals surface area contributed by atoms with Crippen LogP contribution in [0.3, 0.4) is 0 Å². The Bertz CT molecular complexity index is 2120. The number of alkyl halides is 3. The number of morpholine rings is 1. The van der Waals surface area contributed by atoms with Gasteiger partial charge in [-0.1, -0.05) is 30.3 Å². The number of piperidine rings is 1. The number of nitrogens with two attached hydrogens (primary N) is 1. The van der Waals surface area contributed by atoms with Gasteiger partial charge in [0.25, 0.3) is 0 Å². The molecule has 3 heterocycles. The molecule has 1 amide bonds. The largest absolute Gasteiger partial charge is 0.495 e. The summed E-state index contributed by atoms with van der Waals surface area (Å²) in [4.78, 5) is 23.5. The normalized spacial score (nSPS) is 18.6. The van der Waals surface area contributed by atoms with Gasteiger partial charge in [0.05, 0.1) is 47.9 Å². The number of pyridine rings is 1. The number of hydrogen-bond acceptors (Lipinski definition) is 8. The zero-order valence-corrected chi connectivity index (χ0v) is 30.3. The van der Waals surface area contributed by atoms with E-state index in [4.69, 9.17) is 20.2 Å². The van der Waals surface area contributed by atoms with E-state index in [1.54, 1.807) is 19.9 Å². The highest BCUT2D eigenvalue weighted by Crippen LogP contribution is 2.60. The number of carbonyl (C=O) groups is 1. The number of aromatic nitrogens is 1. The highest BCUT2D eigenvalue weighted by molar-refractivity contribution is 7.92. The monoisotopic (exact) mass is 736 g/mol. The van der Waals surface area contributed by atoms with Crippen LogP contribution in [-0.2, 0) is 26.2 Å². The number of methoxy groups -OCH3 is 1. The van der Waals surface area contributed by atoms with Crippen LogP contribution in [0.25, 0.3) is 22.2 Å². The summed E-state index contributed by atoms with van der Waals surface area (Å²) in [6.45, 7) is 8.02. The maximum absolute atomic E-state index is 14.1. The molecule has 13 heteroatoms. The van der Waals surface area contributed by atoms with Crippen LogP contribution in [0.2, 0.25) is 0 Å². The number of rotatable bonds is 9. The Morgan fingerprint density at radius 2 is 1.69 bits per heavy atom. The molecule has 3 aliphatic rings. The molecular weight excluding hydrogens is 694 g/mol. The Balaban J connectivity index is 1.45. The first-order valence-corrected chi connectivity index (χ1v) is 19.2. The Hall–Kier alpha value is -4.20. The Kier molecular flexibility index (Phi) is 9.50. The standard InChI is InChI=1S/C39H43F3N4O5S/c1-24(2)52(48,49)33-22-28-30(23-32(33)50-3)44-36(25-7-6-8-26(21-25)39(40,41)42)35(34(28)37(43)47)38(13-14-38)29-9-4-5-10-31(29)46-15-11-27(12-16-46)45-17-19-51-20-18-45/h4-10,21-24,27H,11-20H2,1-3H3,(H2,43,47). The molecule has 52 heavy (non-hydrogen) atoms. The zero-order chi connectivity index (χ0) is 37.0. The molecule has 1 aliphatic carbocycles. The first-order valence-electron chi connectivity index (χ1n) is 17.7. The summed E-state index contributed by atoms with van der Waals surface area (Å²) in [7, 11) is -2.57. The van der Waals surface area contributed by atoms with Gasteiger partial charge in [-0.2, -0.15) is 13.2 Å². The van der Waals surface area contributed by atoms with Crippen LogP contribution >= 0.6 is 0 Å². The number of halogens is 3. The minimum atomic E-state index is -4.62. The average Bonchev–Trinajstić information content (AvgIpc) is 3.95. The van der Waals surface area contributed by atoms with Crippen LogP contribution in [0.4, 0.5) is 18.9 Å². The summed E-state index contributed by atoms with van der Waals surface area (Å²) in [6.07, 6.45) is -1.52. The van der Waals surface area contributed by atoms with Crippen molar-refractivity contribution in [1.29, 1.82) is 0 Å². The Labute approximate surface area is 301 Å². The van der Waals surface area contributed by atoms with Gasteiger partial charge in [0, 0.05) is 65.9 Å². The fourth-order valence-corrected chi connectivity index (χ4v) is 9.24. The smallest absolute Gasteiger partial charge is 0.416 e. The summed E-state index contributed by atoms with van der Waals surface area (Å²) in [5.41, 5.74) is 7.45. The molecule has 4 aromatic rings. The summed E-state index contributed by atoms with van der Waals surface area (Å²) in [5.74, 6) is -0.817. The quantitative estimate of drug-likeness (QED) is 0.205. The maximum Gasteiger partial charge on any atom is 0.416 e. The fraction of sp³-hybridized carbons (Fsp3) is 0.436. The number of fused-ring (bicyclic) bond motifs is 1. The van der Waals surface area contributed by atoms with Crippen molar-refractivity contribution in [2.75, 3.05) is 51.4 Å². The number of carbonyl (C=O) groups excluding carboxylic acids is 1. The number of ether oxygens (including phenoxy) is 2. The van der Waals surface area contributed by atoms with E-state index in [0.29, 0.717) is 24.4 Å². The second kappa shape index (κ2) is 13.7. The first kappa shape index (κ1) is 36.2. The SMILES string of the molecule is COc1cc2nc(-c3cccc(C(F)(F)F)c3)c(C3(c4ccccc4N4CCC(N5CCOCC5)CC4)CC3)c(C(N)=O)c2cc1S(=O)(=O)C(C)C. The van der Waals surface area contributed by atoms with Crippen molar-refractivity contribution in [3.8, 4) is 17.0 Å². The molecule has 0 radical (unpaired) electrons. The second-order valence-electron chi connectivity index (χ2n) is 14.2. The van der Waals surface area contributed by atoms with E-state index in [-0.39, 0.29) is 38.4 Å². The number of anilines is 1. The second-order valence-corrected chi connectivity index (χ2v) is 16.7. The zero-order valence-electron chi connectivity index (χ0n) is 29.5. The van der Waals surface area contributed by atoms with Gasteiger partial charge < -0.3 is 20.1 Å². The van der Waals surface area contributed by atoms with Gasteiger partial charge in [-0.05, 0) is 69.4 Å². The molecule has 7 rings (SSSR count). The number of benzene rings is 3. The molecule has 2 saturated heterocycles. The van der Waals surface area contributed by atoms with E-state index in [2.05, 4.69) is 15.9 Å². The lowest BCUT2D eigenvalue weighted by molar-refractivity contribution is -0.137. The number of amides is 1. The third-order valence-corrected chi connectivity index (χ3v) is 13.1. The van der Waals surface area contributed by atoms with Crippen LogP contribution < -0.4 is 15.4 Å².